The minimum absolute atomic E-state index is 0.0489. The van der Waals surface area contributed by atoms with E-state index in [1.54, 1.807) is 6.08 Å². The standard InChI is InChI=1S/C16H22N2O3/c1-3-8-18(9-10-19)16(20)17-12(2)14-11-21-15-7-5-4-6-13(14)15/h3-7,12,14,19H,1,8-11H2,2H3,(H,17,20). The first-order valence-corrected chi connectivity index (χ1v) is 7.16. The number of amides is 2. The van der Waals surface area contributed by atoms with Gasteiger partial charge >= 0.3 is 6.03 Å². The number of nitrogens with one attached hydrogen (secondary N) is 1. The fourth-order valence-corrected chi connectivity index (χ4v) is 2.54. The number of fused-ring (bicyclic) bond motifs is 1. The lowest BCUT2D eigenvalue weighted by atomic mass is 9.94. The summed E-state index contributed by atoms with van der Waals surface area (Å²) in [6.07, 6.45) is 1.65. The second-order valence-corrected chi connectivity index (χ2v) is 5.15. The lowest BCUT2D eigenvalue weighted by molar-refractivity contribution is 0.178. The number of aliphatic hydroxyl groups excluding tert-OH is 1. The third-order valence-electron chi connectivity index (χ3n) is 3.70. The molecule has 1 aliphatic rings. The Balaban J connectivity index is 2.00. The minimum atomic E-state index is -0.194. The quantitative estimate of drug-likeness (QED) is 0.785. The normalized spacial score (nSPS) is 17.5. The van der Waals surface area contributed by atoms with Gasteiger partial charge in [-0.05, 0) is 13.0 Å². The van der Waals surface area contributed by atoms with Gasteiger partial charge in [-0.25, -0.2) is 4.79 Å². The van der Waals surface area contributed by atoms with Crippen LogP contribution in [0.2, 0.25) is 0 Å². The van der Waals surface area contributed by atoms with Gasteiger partial charge in [-0.3, -0.25) is 0 Å². The molecule has 21 heavy (non-hydrogen) atoms. The average Bonchev–Trinajstić information content (AvgIpc) is 2.91. The lowest BCUT2D eigenvalue weighted by Crippen LogP contribution is -2.47. The molecule has 2 unspecified atom stereocenters. The molecule has 2 amide bonds. The maximum Gasteiger partial charge on any atom is 0.317 e. The van der Waals surface area contributed by atoms with E-state index in [-0.39, 0.29) is 24.6 Å². The molecule has 5 nitrogen and oxygen atoms in total. The Bertz CT molecular complexity index is 504. The van der Waals surface area contributed by atoms with E-state index in [0.717, 1.165) is 11.3 Å². The fraction of sp³-hybridized carbons (Fsp3) is 0.438. The topological polar surface area (TPSA) is 61.8 Å². The van der Waals surface area contributed by atoms with Crippen molar-refractivity contribution in [1.82, 2.24) is 10.2 Å². The van der Waals surface area contributed by atoms with Gasteiger partial charge in [-0.2, -0.15) is 0 Å². The molecule has 2 atom stereocenters. The summed E-state index contributed by atoms with van der Waals surface area (Å²) >= 11 is 0. The van der Waals surface area contributed by atoms with Crippen molar-refractivity contribution < 1.29 is 14.6 Å². The molecule has 1 heterocycles. The summed E-state index contributed by atoms with van der Waals surface area (Å²) in [5.41, 5.74) is 1.13. The van der Waals surface area contributed by atoms with Crippen LogP contribution in [-0.2, 0) is 0 Å². The first-order chi connectivity index (χ1) is 10.2. The summed E-state index contributed by atoms with van der Waals surface area (Å²) in [6.45, 7) is 6.81. The van der Waals surface area contributed by atoms with Crippen LogP contribution in [0.25, 0.3) is 0 Å². The van der Waals surface area contributed by atoms with Gasteiger partial charge in [-0.1, -0.05) is 24.3 Å². The highest BCUT2D eigenvalue weighted by Gasteiger charge is 2.30. The van der Waals surface area contributed by atoms with E-state index in [1.165, 1.54) is 4.90 Å². The Hall–Kier alpha value is -2.01. The number of carbonyl (C=O) groups is 1. The molecule has 0 radical (unpaired) electrons. The highest BCUT2D eigenvalue weighted by atomic mass is 16.5. The summed E-state index contributed by atoms with van der Waals surface area (Å²) < 4.78 is 5.65. The van der Waals surface area contributed by atoms with E-state index in [2.05, 4.69) is 11.9 Å². The number of benzene rings is 1. The number of hydrogen-bond acceptors (Lipinski definition) is 3. The number of para-hydroxylation sites is 1. The third-order valence-corrected chi connectivity index (χ3v) is 3.70. The van der Waals surface area contributed by atoms with Crippen LogP contribution in [0.4, 0.5) is 4.79 Å². The molecular formula is C16H22N2O3. The van der Waals surface area contributed by atoms with Crippen LogP contribution in [0, 0.1) is 0 Å². The second kappa shape index (κ2) is 7.13. The zero-order chi connectivity index (χ0) is 15.2. The van der Waals surface area contributed by atoms with Crippen molar-refractivity contribution >= 4 is 6.03 Å². The van der Waals surface area contributed by atoms with Crippen molar-refractivity contribution in [3.63, 3.8) is 0 Å². The molecule has 0 aliphatic carbocycles. The number of urea groups is 1. The van der Waals surface area contributed by atoms with Crippen LogP contribution in [0.3, 0.4) is 0 Å². The summed E-state index contributed by atoms with van der Waals surface area (Å²) in [4.78, 5) is 13.8. The molecule has 0 spiro atoms. The van der Waals surface area contributed by atoms with Crippen molar-refractivity contribution in [1.29, 1.82) is 0 Å². The minimum Gasteiger partial charge on any atom is -0.493 e. The summed E-state index contributed by atoms with van der Waals surface area (Å²) in [5, 5.41) is 12.0. The van der Waals surface area contributed by atoms with Gasteiger partial charge in [0.05, 0.1) is 13.2 Å². The monoisotopic (exact) mass is 290 g/mol. The predicted octanol–water partition coefficient (Wildman–Crippen LogP) is 1.74. The molecule has 1 aliphatic heterocycles. The third kappa shape index (κ3) is 3.55. The number of aliphatic hydroxyl groups is 1. The van der Waals surface area contributed by atoms with Gasteiger partial charge in [0, 0.05) is 30.6 Å². The van der Waals surface area contributed by atoms with Crippen LogP contribution >= 0.6 is 0 Å². The summed E-state index contributed by atoms with van der Waals surface area (Å²) in [7, 11) is 0. The fourth-order valence-electron chi connectivity index (χ4n) is 2.54. The Morgan fingerprint density at radius 2 is 2.38 bits per heavy atom. The summed E-state index contributed by atoms with van der Waals surface area (Å²) in [6, 6.07) is 7.65. The number of carbonyl (C=O) groups excluding carboxylic acids is 1. The molecule has 2 N–H and O–H groups in total. The molecule has 1 aromatic carbocycles. The second-order valence-electron chi connectivity index (χ2n) is 5.15. The van der Waals surface area contributed by atoms with E-state index in [0.29, 0.717) is 19.7 Å². The Morgan fingerprint density at radius 3 is 3.10 bits per heavy atom. The first kappa shape index (κ1) is 15.4. The predicted molar refractivity (Wildman–Crippen MR) is 81.5 cm³/mol. The van der Waals surface area contributed by atoms with Crippen molar-refractivity contribution in [2.45, 2.75) is 18.9 Å². The van der Waals surface area contributed by atoms with Crippen LogP contribution in [0.5, 0.6) is 5.75 Å². The van der Waals surface area contributed by atoms with Crippen molar-refractivity contribution in [3.8, 4) is 5.75 Å². The van der Waals surface area contributed by atoms with Crippen molar-refractivity contribution in [3.05, 3.63) is 42.5 Å². The highest BCUT2D eigenvalue weighted by molar-refractivity contribution is 5.74. The Kier molecular flexibility index (Phi) is 5.22. The van der Waals surface area contributed by atoms with Gasteiger partial charge in [0.25, 0.3) is 0 Å². The Labute approximate surface area is 125 Å². The van der Waals surface area contributed by atoms with Crippen molar-refractivity contribution in [2.24, 2.45) is 0 Å². The van der Waals surface area contributed by atoms with Gasteiger partial charge < -0.3 is 20.1 Å². The average molecular weight is 290 g/mol. The zero-order valence-corrected chi connectivity index (χ0v) is 12.3. The van der Waals surface area contributed by atoms with E-state index < -0.39 is 0 Å². The number of ether oxygens (including phenoxy) is 1. The van der Waals surface area contributed by atoms with Crippen LogP contribution < -0.4 is 10.1 Å². The van der Waals surface area contributed by atoms with E-state index in [9.17, 15) is 4.79 Å². The molecule has 5 heteroatoms. The smallest absolute Gasteiger partial charge is 0.317 e. The number of nitrogens with zero attached hydrogens (tertiary/aromatic N) is 1. The summed E-state index contributed by atoms with van der Waals surface area (Å²) in [5.74, 6) is 1.03. The Morgan fingerprint density at radius 1 is 1.62 bits per heavy atom. The molecule has 0 fully saturated rings. The molecule has 2 rings (SSSR count). The highest BCUT2D eigenvalue weighted by Crippen LogP contribution is 2.35. The van der Waals surface area contributed by atoms with Crippen LogP contribution in [0.1, 0.15) is 18.4 Å². The molecule has 0 saturated heterocycles. The molecular weight excluding hydrogens is 268 g/mol. The maximum atomic E-state index is 12.2. The SMILES string of the molecule is C=CCN(CCO)C(=O)NC(C)C1COc2ccccc21. The first-order valence-electron chi connectivity index (χ1n) is 7.16. The zero-order valence-electron chi connectivity index (χ0n) is 12.3. The number of hydrogen-bond donors (Lipinski definition) is 2. The van der Waals surface area contributed by atoms with Gasteiger partial charge in [0.15, 0.2) is 0 Å². The molecule has 1 aromatic rings. The largest absolute Gasteiger partial charge is 0.493 e. The van der Waals surface area contributed by atoms with Gasteiger partial charge in [-0.15, -0.1) is 6.58 Å². The van der Waals surface area contributed by atoms with E-state index >= 15 is 0 Å². The van der Waals surface area contributed by atoms with Gasteiger partial charge in [0.2, 0.25) is 0 Å². The van der Waals surface area contributed by atoms with Crippen LogP contribution in [-0.4, -0.2) is 48.4 Å². The molecule has 0 saturated carbocycles. The van der Waals surface area contributed by atoms with Crippen molar-refractivity contribution in [2.75, 3.05) is 26.3 Å². The molecule has 114 valence electrons. The van der Waals surface area contributed by atoms with E-state index in [4.69, 9.17) is 9.84 Å². The number of rotatable bonds is 6. The molecule has 0 aromatic heterocycles. The maximum absolute atomic E-state index is 12.2. The van der Waals surface area contributed by atoms with E-state index in [1.807, 2.05) is 31.2 Å². The lowest BCUT2D eigenvalue weighted by Gasteiger charge is -2.26. The van der Waals surface area contributed by atoms with Gasteiger partial charge in [0.1, 0.15) is 5.75 Å². The molecule has 0 bridgehead atoms. The van der Waals surface area contributed by atoms with Crippen LogP contribution in [0.15, 0.2) is 36.9 Å².